The molecule has 2 amide bonds. The molecule has 1 saturated heterocycles. The molecule has 3 atom stereocenters. The Kier molecular flexibility index (Phi) is 5.46. The second-order valence-corrected chi connectivity index (χ2v) is 6.82. The van der Waals surface area contributed by atoms with Crippen LogP contribution in [0.1, 0.15) is 22.0 Å². The Morgan fingerprint density at radius 2 is 1.83 bits per heavy atom. The predicted molar refractivity (Wildman–Crippen MR) is 97.7 cm³/mol. The minimum atomic E-state index is -5.34. The van der Waals surface area contributed by atoms with Gasteiger partial charge in [0.05, 0.1) is 18.2 Å². The lowest BCUT2D eigenvalue weighted by atomic mass is 9.77. The van der Waals surface area contributed by atoms with Gasteiger partial charge in [0, 0.05) is 11.1 Å². The predicted octanol–water partition coefficient (Wildman–Crippen LogP) is 3.45. The summed E-state index contributed by atoms with van der Waals surface area (Å²) in [5.74, 6) is -3.20. The van der Waals surface area contributed by atoms with Crippen molar-refractivity contribution in [2.45, 2.75) is 17.9 Å². The van der Waals surface area contributed by atoms with Gasteiger partial charge in [-0.1, -0.05) is 54.1 Å². The van der Waals surface area contributed by atoms with Crippen molar-refractivity contribution in [1.82, 2.24) is 10.6 Å². The summed E-state index contributed by atoms with van der Waals surface area (Å²) in [6.07, 6.45) is -5.34. The molecule has 2 aromatic rings. The van der Waals surface area contributed by atoms with Crippen LogP contribution in [0, 0.1) is 5.92 Å². The van der Waals surface area contributed by atoms with Crippen LogP contribution in [0.5, 0.6) is 5.75 Å². The molecular formula is C19H16ClF3N2O4. The summed E-state index contributed by atoms with van der Waals surface area (Å²) < 4.78 is 46.8. The van der Waals surface area contributed by atoms with Gasteiger partial charge in [0.25, 0.3) is 0 Å². The third-order valence-electron chi connectivity index (χ3n) is 4.68. The van der Waals surface area contributed by atoms with Gasteiger partial charge >= 0.3 is 12.2 Å². The second kappa shape index (κ2) is 7.57. The maximum absolute atomic E-state index is 13.9. The van der Waals surface area contributed by atoms with Crippen LogP contribution in [0.15, 0.2) is 48.5 Å². The number of para-hydroxylation sites is 1. The van der Waals surface area contributed by atoms with Crippen LogP contribution in [-0.4, -0.2) is 35.9 Å². The van der Waals surface area contributed by atoms with Gasteiger partial charge in [-0.15, -0.1) is 0 Å². The van der Waals surface area contributed by atoms with E-state index in [1.54, 1.807) is 6.07 Å². The first-order valence-electron chi connectivity index (χ1n) is 8.39. The second-order valence-electron chi connectivity index (χ2n) is 6.41. The highest BCUT2D eigenvalue weighted by Crippen LogP contribution is 2.46. The maximum atomic E-state index is 13.9. The van der Waals surface area contributed by atoms with E-state index in [-0.39, 0.29) is 21.9 Å². The van der Waals surface area contributed by atoms with E-state index in [0.29, 0.717) is 0 Å². The number of ketones is 1. The molecule has 1 heterocycles. The Morgan fingerprint density at radius 1 is 1.17 bits per heavy atom. The molecule has 3 unspecified atom stereocenters. The lowest BCUT2D eigenvalue weighted by molar-refractivity contribution is -0.287. The quantitative estimate of drug-likeness (QED) is 0.651. The van der Waals surface area contributed by atoms with E-state index < -0.39 is 35.7 Å². The standard InChI is InChI=1S/C19H16ClF3N2O4/c1-29-16-11(8-5-9-12(16)20)14-13(15(26)10-6-3-2-4-7-10)18(28,19(21,22)23)25-17(27)24-14/h2-9,13-14,28H,1H3,(H2,24,25,27). The Morgan fingerprint density at radius 3 is 2.41 bits per heavy atom. The number of urea groups is 1. The van der Waals surface area contributed by atoms with Crippen molar-refractivity contribution in [3.8, 4) is 5.75 Å². The molecule has 6 nitrogen and oxygen atoms in total. The number of methoxy groups -OCH3 is 1. The van der Waals surface area contributed by atoms with Gasteiger partial charge in [0.2, 0.25) is 5.72 Å². The molecule has 0 aliphatic carbocycles. The normalized spacial score (nSPS) is 24.4. The van der Waals surface area contributed by atoms with Crippen molar-refractivity contribution >= 4 is 23.4 Å². The molecule has 0 aromatic heterocycles. The highest BCUT2D eigenvalue weighted by molar-refractivity contribution is 6.32. The van der Waals surface area contributed by atoms with Crippen molar-refractivity contribution < 1.29 is 32.6 Å². The van der Waals surface area contributed by atoms with Crippen molar-refractivity contribution in [2.75, 3.05) is 7.11 Å². The number of alkyl halides is 3. The molecule has 2 aromatic carbocycles. The van der Waals surface area contributed by atoms with E-state index in [1.165, 1.54) is 54.9 Å². The average Bonchev–Trinajstić information content (AvgIpc) is 2.66. The monoisotopic (exact) mass is 428 g/mol. The summed E-state index contributed by atoms with van der Waals surface area (Å²) in [5.41, 5.74) is -3.86. The fourth-order valence-corrected chi connectivity index (χ4v) is 3.63. The number of hydrogen-bond acceptors (Lipinski definition) is 4. The maximum Gasteiger partial charge on any atom is 0.437 e. The van der Waals surface area contributed by atoms with Gasteiger partial charge in [0.15, 0.2) is 5.78 Å². The summed E-state index contributed by atoms with van der Waals surface area (Å²) in [5, 5.41) is 14.4. The summed E-state index contributed by atoms with van der Waals surface area (Å²) in [4.78, 5) is 25.1. The van der Waals surface area contributed by atoms with Crippen LogP contribution < -0.4 is 15.4 Å². The molecule has 3 N–H and O–H groups in total. The number of rotatable bonds is 4. The molecule has 0 saturated carbocycles. The van der Waals surface area contributed by atoms with Gasteiger partial charge in [-0.05, 0) is 6.07 Å². The number of halogens is 4. The zero-order valence-corrected chi connectivity index (χ0v) is 15.7. The number of Topliss-reactive ketones (excluding diaryl/α,β-unsaturated/α-hetero) is 1. The molecular weight excluding hydrogens is 413 g/mol. The average molecular weight is 429 g/mol. The molecule has 1 aliphatic heterocycles. The van der Waals surface area contributed by atoms with Crippen molar-refractivity contribution in [1.29, 1.82) is 0 Å². The van der Waals surface area contributed by atoms with Crippen LogP contribution in [0.25, 0.3) is 0 Å². The molecule has 0 bridgehead atoms. The van der Waals surface area contributed by atoms with Gasteiger partial charge < -0.3 is 20.5 Å². The van der Waals surface area contributed by atoms with Crippen molar-refractivity contribution in [3.63, 3.8) is 0 Å². The largest absolute Gasteiger partial charge is 0.495 e. The SMILES string of the molecule is COc1c(Cl)cccc1C1NC(=O)NC(O)(C(F)(F)F)C1C(=O)c1ccccc1. The van der Waals surface area contributed by atoms with E-state index >= 15 is 0 Å². The Labute approximate surface area is 168 Å². The lowest BCUT2D eigenvalue weighted by Crippen LogP contribution is -2.72. The topological polar surface area (TPSA) is 87.7 Å². The zero-order valence-electron chi connectivity index (χ0n) is 15.0. The first kappa shape index (κ1) is 20.9. The molecule has 0 spiro atoms. The molecule has 3 rings (SSSR count). The molecule has 10 heteroatoms. The Bertz CT molecular complexity index is 939. The van der Waals surface area contributed by atoms with E-state index in [4.69, 9.17) is 16.3 Å². The van der Waals surface area contributed by atoms with Crippen LogP contribution in [0.4, 0.5) is 18.0 Å². The third kappa shape index (κ3) is 3.63. The van der Waals surface area contributed by atoms with E-state index in [9.17, 15) is 27.9 Å². The summed E-state index contributed by atoms with van der Waals surface area (Å²) >= 11 is 6.07. The van der Waals surface area contributed by atoms with Gasteiger partial charge in [-0.2, -0.15) is 13.2 Å². The molecule has 154 valence electrons. The van der Waals surface area contributed by atoms with Crippen LogP contribution in [-0.2, 0) is 0 Å². The van der Waals surface area contributed by atoms with E-state index in [0.717, 1.165) is 0 Å². The van der Waals surface area contributed by atoms with E-state index in [1.807, 2.05) is 0 Å². The number of hydrogen-bond donors (Lipinski definition) is 3. The van der Waals surface area contributed by atoms with E-state index in [2.05, 4.69) is 5.32 Å². The number of nitrogens with one attached hydrogen (secondary N) is 2. The Balaban J connectivity index is 2.23. The number of benzene rings is 2. The summed E-state index contributed by atoms with van der Waals surface area (Å²) in [6, 6.07) is 8.55. The minimum absolute atomic E-state index is 0.0169. The van der Waals surface area contributed by atoms with Crippen LogP contribution >= 0.6 is 11.6 Å². The minimum Gasteiger partial charge on any atom is -0.495 e. The van der Waals surface area contributed by atoms with Crippen LogP contribution in [0.2, 0.25) is 5.02 Å². The molecule has 29 heavy (non-hydrogen) atoms. The number of amides is 2. The van der Waals surface area contributed by atoms with Gasteiger partial charge in [-0.3, -0.25) is 4.79 Å². The summed E-state index contributed by atoms with van der Waals surface area (Å²) in [7, 11) is 1.25. The van der Waals surface area contributed by atoms with Crippen LogP contribution in [0.3, 0.4) is 0 Å². The fourth-order valence-electron chi connectivity index (χ4n) is 3.37. The molecule has 1 aliphatic rings. The summed E-state index contributed by atoms with van der Waals surface area (Å²) in [6.45, 7) is 0. The number of carbonyl (C=O) groups excluding carboxylic acids is 2. The van der Waals surface area contributed by atoms with Crippen molar-refractivity contribution in [3.05, 3.63) is 64.7 Å². The number of carbonyl (C=O) groups is 2. The number of aliphatic hydroxyl groups is 1. The smallest absolute Gasteiger partial charge is 0.437 e. The molecule has 1 fully saturated rings. The zero-order chi connectivity index (χ0) is 21.4. The highest BCUT2D eigenvalue weighted by atomic mass is 35.5. The van der Waals surface area contributed by atoms with Gasteiger partial charge in [0.1, 0.15) is 11.7 Å². The first-order valence-corrected chi connectivity index (χ1v) is 8.77. The number of ether oxygens (including phenoxy) is 1. The fraction of sp³-hybridized carbons (Fsp3) is 0.263. The third-order valence-corrected chi connectivity index (χ3v) is 4.98. The Hall–Kier alpha value is -2.78. The highest BCUT2D eigenvalue weighted by Gasteiger charge is 2.66. The van der Waals surface area contributed by atoms with Gasteiger partial charge in [-0.25, -0.2) is 4.79 Å². The molecule has 0 radical (unpaired) electrons. The lowest BCUT2D eigenvalue weighted by Gasteiger charge is -2.45. The first-order chi connectivity index (χ1) is 13.6. The van der Waals surface area contributed by atoms with Crippen molar-refractivity contribution in [2.24, 2.45) is 5.92 Å².